The summed E-state index contributed by atoms with van der Waals surface area (Å²) in [6.45, 7) is 4.10. The molecule has 1 amide bonds. The highest BCUT2D eigenvalue weighted by molar-refractivity contribution is 6.05. The minimum Gasteiger partial charge on any atom is -0.485 e. The van der Waals surface area contributed by atoms with E-state index in [1.807, 2.05) is 0 Å². The fourth-order valence-electron chi connectivity index (χ4n) is 4.57. The third-order valence-corrected chi connectivity index (χ3v) is 6.93. The number of benzene rings is 1. The number of pyridine rings is 3. The van der Waals surface area contributed by atoms with Crippen LogP contribution >= 0.6 is 0 Å². The molecule has 4 heterocycles. The maximum atomic E-state index is 15.2. The number of rotatable bonds is 10. The zero-order valence-corrected chi connectivity index (χ0v) is 24.2. The van der Waals surface area contributed by atoms with Gasteiger partial charge in [-0.15, -0.1) is 0 Å². The van der Waals surface area contributed by atoms with E-state index in [4.69, 9.17) is 23.4 Å². The number of hydrogen-bond acceptors (Lipinski definition) is 9. The van der Waals surface area contributed by atoms with Crippen molar-refractivity contribution in [2.45, 2.75) is 13.8 Å². The van der Waals surface area contributed by atoms with E-state index < -0.39 is 17.2 Å². The van der Waals surface area contributed by atoms with E-state index in [0.29, 0.717) is 40.5 Å². The minimum atomic E-state index is -0.751. The largest absolute Gasteiger partial charge is 0.485 e. The highest BCUT2D eigenvalue weighted by Crippen LogP contribution is 2.35. The lowest BCUT2D eigenvalue weighted by Crippen LogP contribution is -2.28. The number of hydrogen-bond donors (Lipinski definition) is 1. The van der Waals surface area contributed by atoms with E-state index in [1.165, 1.54) is 31.7 Å². The molecule has 1 aromatic carbocycles. The van der Waals surface area contributed by atoms with Crippen molar-refractivity contribution in [3.05, 3.63) is 87.9 Å². The summed E-state index contributed by atoms with van der Waals surface area (Å²) in [5.41, 5.74) is 1.72. The Morgan fingerprint density at radius 1 is 1.05 bits per heavy atom. The molecule has 0 aliphatic heterocycles. The van der Waals surface area contributed by atoms with Gasteiger partial charge in [0.15, 0.2) is 23.1 Å². The molecule has 222 valence electrons. The molecule has 0 radical (unpaired) electrons. The van der Waals surface area contributed by atoms with Gasteiger partial charge in [0, 0.05) is 55.6 Å². The molecule has 0 fully saturated rings. The van der Waals surface area contributed by atoms with Crippen LogP contribution in [0.15, 0.2) is 64.1 Å². The van der Waals surface area contributed by atoms with E-state index in [2.05, 4.69) is 15.3 Å². The van der Waals surface area contributed by atoms with Gasteiger partial charge < -0.3 is 33.2 Å². The van der Waals surface area contributed by atoms with Gasteiger partial charge >= 0.3 is 0 Å². The van der Waals surface area contributed by atoms with E-state index in [0.717, 1.165) is 6.07 Å². The van der Waals surface area contributed by atoms with Crippen molar-refractivity contribution in [1.29, 1.82) is 0 Å². The number of methoxy groups -OCH3 is 2. The van der Waals surface area contributed by atoms with E-state index in [1.54, 1.807) is 56.8 Å². The Hall–Kier alpha value is -5.23. The molecule has 43 heavy (non-hydrogen) atoms. The maximum absolute atomic E-state index is 15.2. The standard InChI is InChI=1S/C31H29FN4O7/c1-17-26(23-7-6-12-41-23)29(37)27(18(2)36(17)3)30(38)34-19-8-9-22(20(32)15-19)43-24-10-11-33-21-16-25(42-14-13-39-4)31(40-5)35-28(21)24/h6-12,15-16H,13-14H2,1-5H3,(H,34,38). The first-order valence-corrected chi connectivity index (χ1v) is 13.2. The van der Waals surface area contributed by atoms with Crippen LogP contribution in [0.2, 0.25) is 0 Å². The van der Waals surface area contributed by atoms with Crippen molar-refractivity contribution in [3.63, 3.8) is 0 Å². The Bertz CT molecular complexity index is 1870. The van der Waals surface area contributed by atoms with Gasteiger partial charge in [0.1, 0.15) is 23.4 Å². The molecule has 0 aliphatic carbocycles. The molecule has 0 saturated heterocycles. The number of carbonyl (C=O) groups is 1. The molecular formula is C31H29FN4O7. The zero-order valence-electron chi connectivity index (χ0n) is 24.2. The number of carbonyl (C=O) groups excluding carboxylic acids is 1. The maximum Gasteiger partial charge on any atom is 0.261 e. The van der Waals surface area contributed by atoms with Crippen LogP contribution in [0.3, 0.4) is 0 Å². The average molecular weight is 589 g/mol. The molecule has 0 atom stereocenters. The molecule has 0 bridgehead atoms. The van der Waals surface area contributed by atoms with Gasteiger partial charge in [-0.1, -0.05) is 0 Å². The molecule has 4 aromatic heterocycles. The van der Waals surface area contributed by atoms with Gasteiger partial charge in [-0.2, -0.15) is 0 Å². The molecule has 11 nitrogen and oxygen atoms in total. The van der Waals surface area contributed by atoms with Gasteiger partial charge in [0.25, 0.3) is 11.8 Å². The molecular weight excluding hydrogens is 559 g/mol. The number of amides is 1. The predicted octanol–water partition coefficient (Wildman–Crippen LogP) is 5.42. The normalized spacial score (nSPS) is 11.0. The topological polar surface area (TPSA) is 127 Å². The summed E-state index contributed by atoms with van der Waals surface area (Å²) in [5.74, 6) is -0.394. The second-order valence-electron chi connectivity index (χ2n) is 9.50. The fraction of sp³-hybridized carbons (Fsp3) is 0.226. The third-order valence-electron chi connectivity index (χ3n) is 6.93. The predicted molar refractivity (Wildman–Crippen MR) is 157 cm³/mol. The second-order valence-corrected chi connectivity index (χ2v) is 9.50. The Morgan fingerprint density at radius 2 is 1.86 bits per heavy atom. The van der Waals surface area contributed by atoms with Crippen LogP contribution in [0.25, 0.3) is 22.4 Å². The van der Waals surface area contributed by atoms with Crippen LogP contribution in [0.5, 0.6) is 23.1 Å². The molecule has 0 aliphatic rings. The molecule has 12 heteroatoms. The monoisotopic (exact) mass is 588 g/mol. The lowest BCUT2D eigenvalue weighted by Gasteiger charge is -2.17. The summed E-state index contributed by atoms with van der Waals surface area (Å²) in [5, 5.41) is 2.62. The Balaban J connectivity index is 1.41. The Labute approximate surface area is 245 Å². The van der Waals surface area contributed by atoms with Crippen molar-refractivity contribution in [1.82, 2.24) is 14.5 Å². The first-order valence-electron chi connectivity index (χ1n) is 13.2. The number of halogens is 1. The third kappa shape index (κ3) is 5.77. The number of furan rings is 1. The fourth-order valence-corrected chi connectivity index (χ4v) is 4.57. The first-order chi connectivity index (χ1) is 20.7. The molecule has 0 unspecified atom stereocenters. The number of nitrogens with zero attached hydrogens (tertiary/aromatic N) is 3. The summed E-state index contributed by atoms with van der Waals surface area (Å²) in [6.07, 6.45) is 2.95. The van der Waals surface area contributed by atoms with Crippen molar-refractivity contribution in [2.24, 2.45) is 7.05 Å². The number of aromatic nitrogens is 3. The Kier molecular flexibility index (Phi) is 8.39. The number of ether oxygens (including phenoxy) is 4. The molecule has 5 rings (SSSR count). The first kappa shape index (κ1) is 29.3. The zero-order chi connectivity index (χ0) is 30.7. The summed E-state index contributed by atoms with van der Waals surface area (Å²) < 4.78 is 44.3. The van der Waals surface area contributed by atoms with Gasteiger partial charge in [-0.3, -0.25) is 14.6 Å². The molecule has 0 saturated carbocycles. The SMILES string of the molecule is COCCOc1cc2nccc(Oc3ccc(NC(=O)c4c(C)n(C)c(C)c(-c5ccco5)c4=O)cc3F)c2nc1OC. The smallest absolute Gasteiger partial charge is 0.261 e. The second kappa shape index (κ2) is 12.3. The Morgan fingerprint density at radius 3 is 2.56 bits per heavy atom. The summed E-state index contributed by atoms with van der Waals surface area (Å²) in [7, 11) is 4.77. The quantitative estimate of drug-likeness (QED) is 0.213. The van der Waals surface area contributed by atoms with Crippen molar-refractivity contribution >= 4 is 22.6 Å². The summed E-state index contributed by atoms with van der Waals surface area (Å²) in [6, 6.07) is 10.4. The van der Waals surface area contributed by atoms with Gasteiger partial charge in [0.05, 0.1) is 31.1 Å². The van der Waals surface area contributed by atoms with Crippen LogP contribution in [0, 0.1) is 19.7 Å². The lowest BCUT2D eigenvalue weighted by molar-refractivity contribution is 0.102. The van der Waals surface area contributed by atoms with Crippen LogP contribution in [-0.4, -0.2) is 47.9 Å². The lowest BCUT2D eigenvalue weighted by atomic mass is 10.0. The van der Waals surface area contributed by atoms with Crippen molar-refractivity contribution in [2.75, 3.05) is 32.8 Å². The van der Waals surface area contributed by atoms with Crippen LogP contribution in [0.1, 0.15) is 21.7 Å². The van der Waals surface area contributed by atoms with Crippen LogP contribution in [-0.2, 0) is 11.8 Å². The highest BCUT2D eigenvalue weighted by atomic mass is 19.1. The van der Waals surface area contributed by atoms with Crippen molar-refractivity contribution in [3.8, 4) is 34.5 Å². The average Bonchev–Trinajstić information content (AvgIpc) is 3.52. The van der Waals surface area contributed by atoms with Gasteiger partial charge in [0.2, 0.25) is 5.43 Å². The minimum absolute atomic E-state index is 0.0749. The van der Waals surface area contributed by atoms with E-state index in [9.17, 15) is 9.59 Å². The van der Waals surface area contributed by atoms with Crippen LogP contribution in [0.4, 0.5) is 10.1 Å². The van der Waals surface area contributed by atoms with Gasteiger partial charge in [-0.25, -0.2) is 9.37 Å². The van der Waals surface area contributed by atoms with Crippen LogP contribution < -0.4 is 25.0 Å². The number of fused-ring (bicyclic) bond motifs is 1. The molecule has 5 aromatic rings. The molecule has 0 spiro atoms. The highest BCUT2D eigenvalue weighted by Gasteiger charge is 2.24. The van der Waals surface area contributed by atoms with Gasteiger partial charge in [-0.05, 0) is 38.1 Å². The molecule has 1 N–H and O–H groups in total. The van der Waals surface area contributed by atoms with Crippen molar-refractivity contribution < 1.29 is 32.5 Å². The number of anilines is 1. The van der Waals surface area contributed by atoms with E-state index >= 15 is 4.39 Å². The summed E-state index contributed by atoms with van der Waals surface area (Å²) in [4.78, 5) is 35.4. The van der Waals surface area contributed by atoms with E-state index in [-0.39, 0.29) is 40.8 Å². The summed E-state index contributed by atoms with van der Waals surface area (Å²) >= 11 is 0. The number of nitrogens with one attached hydrogen (secondary N) is 1.